The lowest BCUT2D eigenvalue weighted by Gasteiger charge is -2.33. The molecule has 8 heteroatoms. The van der Waals surface area contributed by atoms with Gasteiger partial charge in [-0.3, -0.25) is 19.2 Å². The van der Waals surface area contributed by atoms with Crippen LogP contribution in [0.15, 0.2) is 86.6 Å². The number of hydrogen-bond acceptors (Lipinski definition) is 4. The number of likely N-dealkylation sites (N-methyl/N-ethyl adjacent to an activating group) is 1. The van der Waals surface area contributed by atoms with Gasteiger partial charge >= 0.3 is 0 Å². The average Bonchev–Trinajstić information content (AvgIpc) is 3.09. The van der Waals surface area contributed by atoms with E-state index in [1.54, 1.807) is 46.1 Å². The monoisotopic (exact) mass is 648 g/mol. The highest BCUT2D eigenvalue weighted by Crippen LogP contribution is 2.23. The molecule has 47 heavy (non-hydrogen) atoms. The van der Waals surface area contributed by atoms with Gasteiger partial charge in [0.15, 0.2) is 0 Å². The minimum atomic E-state index is -0.211. The van der Waals surface area contributed by atoms with Gasteiger partial charge in [-0.15, -0.1) is 6.58 Å². The number of carbonyl (C=O) groups is 4. The Bertz CT molecular complexity index is 1100. The Hall–Kier alpha value is -3.94. The van der Waals surface area contributed by atoms with Crippen molar-refractivity contribution in [1.29, 1.82) is 0 Å². The van der Waals surface area contributed by atoms with Crippen LogP contribution in [-0.2, 0) is 19.2 Å². The molecule has 0 aromatic heterocycles. The topological polar surface area (TPSA) is 81.2 Å². The van der Waals surface area contributed by atoms with Crippen molar-refractivity contribution in [2.45, 2.75) is 90.0 Å². The Labute approximate surface area is 284 Å². The molecule has 0 aliphatic heterocycles. The first-order valence-corrected chi connectivity index (χ1v) is 17.4. The molecule has 0 spiro atoms. The van der Waals surface area contributed by atoms with Gasteiger partial charge in [-0.25, -0.2) is 0 Å². The summed E-state index contributed by atoms with van der Waals surface area (Å²) in [6.07, 6.45) is 31.6. The number of carbonyl (C=O) groups excluding carboxylic acids is 4. The summed E-state index contributed by atoms with van der Waals surface area (Å²) in [5, 5.41) is 0. The van der Waals surface area contributed by atoms with Gasteiger partial charge in [0, 0.05) is 58.4 Å². The predicted molar refractivity (Wildman–Crippen MR) is 195 cm³/mol. The Balaban J connectivity index is 2.35. The first kappa shape index (κ1) is 41.1. The number of unbranched alkanes of at least 4 members (excludes halogenated alkanes) is 5. The zero-order valence-corrected chi connectivity index (χ0v) is 29.2. The molecule has 8 nitrogen and oxygen atoms in total. The zero-order chi connectivity index (χ0) is 34.7. The van der Waals surface area contributed by atoms with Crippen molar-refractivity contribution in [2.24, 2.45) is 0 Å². The molecule has 0 N–H and O–H groups in total. The van der Waals surface area contributed by atoms with E-state index in [9.17, 15) is 19.2 Å². The largest absolute Gasteiger partial charge is 0.342 e. The van der Waals surface area contributed by atoms with Crippen LogP contribution in [0.3, 0.4) is 0 Å². The summed E-state index contributed by atoms with van der Waals surface area (Å²) in [6, 6.07) is 0.414. The van der Waals surface area contributed by atoms with Crippen molar-refractivity contribution in [3.8, 4) is 0 Å². The molecular weight excluding hydrogens is 588 g/mol. The molecule has 0 radical (unpaired) electrons. The standard InChI is InChI=1S/C39H60N4O4/c1-6-10-34-43(35-25-17-15-18-26-35)39(47)28-19-13-11-12-14-21-30-40(5)38(46)27-20-16-22-31-42(37(45)9-4)33-24-23-32-41(29-7-2)36(44)8-3/h7-9,16,19-20,22-24,27-28,35H,2-4,6,10-15,17-18,21,25-26,29-34H2,1,5H3/b22-16-,24-23+,27-20-,28-19+. The molecule has 0 aromatic rings. The van der Waals surface area contributed by atoms with Gasteiger partial charge in [0.25, 0.3) is 0 Å². The number of allylic oxidation sites excluding steroid dienone is 3. The van der Waals surface area contributed by atoms with Crippen molar-refractivity contribution >= 4 is 23.6 Å². The maximum Gasteiger partial charge on any atom is 0.246 e. The Kier molecular flexibility index (Phi) is 22.9. The van der Waals surface area contributed by atoms with Gasteiger partial charge in [0.05, 0.1) is 0 Å². The lowest BCUT2D eigenvalue weighted by Crippen LogP contribution is -2.41. The third-order valence-corrected chi connectivity index (χ3v) is 8.25. The highest BCUT2D eigenvalue weighted by atomic mass is 16.2. The van der Waals surface area contributed by atoms with Crippen LogP contribution in [0.25, 0.3) is 0 Å². The summed E-state index contributed by atoms with van der Waals surface area (Å²) in [7, 11) is 1.80. The normalized spacial score (nSPS) is 13.7. The molecule has 1 aliphatic carbocycles. The van der Waals surface area contributed by atoms with E-state index in [-0.39, 0.29) is 23.6 Å². The van der Waals surface area contributed by atoms with Crippen molar-refractivity contribution in [1.82, 2.24) is 19.6 Å². The molecule has 0 unspecified atom stereocenters. The minimum absolute atomic E-state index is 0.0678. The van der Waals surface area contributed by atoms with Crippen LogP contribution in [0.4, 0.5) is 0 Å². The summed E-state index contributed by atoms with van der Waals surface area (Å²) < 4.78 is 0. The van der Waals surface area contributed by atoms with E-state index in [4.69, 9.17) is 0 Å². The Morgan fingerprint density at radius 2 is 1.26 bits per heavy atom. The van der Waals surface area contributed by atoms with Gasteiger partial charge in [-0.05, 0) is 56.8 Å². The highest BCUT2D eigenvalue weighted by molar-refractivity contribution is 5.89. The third-order valence-electron chi connectivity index (χ3n) is 8.25. The average molecular weight is 649 g/mol. The van der Waals surface area contributed by atoms with E-state index in [2.05, 4.69) is 31.6 Å². The fraction of sp³-hybridized carbons (Fsp3) is 0.538. The summed E-state index contributed by atoms with van der Waals surface area (Å²) in [5.74, 6) is -0.287. The van der Waals surface area contributed by atoms with Crippen LogP contribution in [0, 0.1) is 0 Å². The number of hydrogen-bond donors (Lipinski definition) is 0. The molecule has 4 amide bonds. The Morgan fingerprint density at radius 3 is 1.87 bits per heavy atom. The second kappa shape index (κ2) is 26.2. The molecular formula is C39H60N4O4. The number of amides is 4. The second-order valence-corrected chi connectivity index (χ2v) is 12.0. The first-order valence-electron chi connectivity index (χ1n) is 17.4. The molecule has 0 bridgehead atoms. The van der Waals surface area contributed by atoms with Crippen molar-refractivity contribution in [3.05, 3.63) is 86.6 Å². The molecule has 1 fully saturated rings. The van der Waals surface area contributed by atoms with E-state index in [0.717, 1.165) is 64.3 Å². The highest BCUT2D eigenvalue weighted by Gasteiger charge is 2.23. The van der Waals surface area contributed by atoms with Gasteiger partial charge < -0.3 is 19.6 Å². The molecule has 1 aliphatic rings. The smallest absolute Gasteiger partial charge is 0.246 e. The fourth-order valence-corrected chi connectivity index (χ4v) is 5.41. The molecule has 0 aromatic carbocycles. The van der Waals surface area contributed by atoms with Crippen molar-refractivity contribution < 1.29 is 19.2 Å². The van der Waals surface area contributed by atoms with Crippen LogP contribution in [0.1, 0.15) is 84.0 Å². The number of rotatable bonds is 24. The quantitative estimate of drug-likeness (QED) is 0.0499. The molecule has 1 saturated carbocycles. The van der Waals surface area contributed by atoms with Gasteiger partial charge in [0.2, 0.25) is 23.6 Å². The predicted octanol–water partition coefficient (Wildman–Crippen LogP) is 6.80. The summed E-state index contributed by atoms with van der Waals surface area (Å²) >= 11 is 0. The molecule has 0 heterocycles. The SMILES string of the molecule is C=CCN(C/C=C/CN(C/C=C\C=C/C(=O)N(C)CCCCCC/C=C/C(=O)N(CCCC)C1CCCCC1)C(=O)C=C)C(=O)C=C. The van der Waals surface area contributed by atoms with Crippen LogP contribution >= 0.6 is 0 Å². The van der Waals surface area contributed by atoms with Gasteiger partial charge in [-0.2, -0.15) is 0 Å². The summed E-state index contributed by atoms with van der Waals surface area (Å²) in [6.45, 7) is 16.0. The zero-order valence-electron chi connectivity index (χ0n) is 29.2. The number of nitrogens with zero attached hydrogens (tertiary/aromatic N) is 4. The lowest BCUT2D eigenvalue weighted by atomic mass is 9.94. The van der Waals surface area contributed by atoms with Crippen LogP contribution in [-0.4, -0.2) is 95.6 Å². The van der Waals surface area contributed by atoms with Crippen LogP contribution in [0.5, 0.6) is 0 Å². The third kappa shape index (κ3) is 18.1. The van der Waals surface area contributed by atoms with E-state index in [1.165, 1.54) is 37.5 Å². The Morgan fingerprint density at radius 1 is 0.638 bits per heavy atom. The minimum Gasteiger partial charge on any atom is -0.342 e. The maximum absolute atomic E-state index is 12.9. The molecule has 0 saturated heterocycles. The van der Waals surface area contributed by atoms with E-state index in [0.29, 0.717) is 38.8 Å². The van der Waals surface area contributed by atoms with Crippen LogP contribution < -0.4 is 0 Å². The van der Waals surface area contributed by atoms with E-state index < -0.39 is 0 Å². The molecule has 260 valence electrons. The second-order valence-electron chi connectivity index (χ2n) is 12.0. The maximum atomic E-state index is 12.9. The van der Waals surface area contributed by atoms with Crippen LogP contribution in [0.2, 0.25) is 0 Å². The van der Waals surface area contributed by atoms with E-state index in [1.807, 2.05) is 24.3 Å². The lowest BCUT2D eigenvalue weighted by molar-refractivity contribution is -0.129. The van der Waals surface area contributed by atoms with Crippen molar-refractivity contribution in [3.63, 3.8) is 0 Å². The molecule has 0 atom stereocenters. The summed E-state index contributed by atoms with van der Waals surface area (Å²) in [4.78, 5) is 56.5. The van der Waals surface area contributed by atoms with E-state index >= 15 is 0 Å². The van der Waals surface area contributed by atoms with Gasteiger partial charge in [-0.1, -0.05) is 101 Å². The fourth-order valence-electron chi connectivity index (χ4n) is 5.41. The van der Waals surface area contributed by atoms with Crippen molar-refractivity contribution in [2.75, 3.05) is 46.3 Å². The summed E-state index contributed by atoms with van der Waals surface area (Å²) in [5.41, 5.74) is 0. The first-order chi connectivity index (χ1) is 22.8. The molecule has 1 rings (SSSR count). The van der Waals surface area contributed by atoms with Gasteiger partial charge in [0.1, 0.15) is 0 Å².